The Kier molecular flexibility index (Phi) is 5.93. The topological polar surface area (TPSA) is 78.5 Å². The monoisotopic (exact) mass is 456 g/mol. The Morgan fingerprint density at radius 3 is 2.68 bits per heavy atom. The van der Waals surface area contributed by atoms with E-state index in [2.05, 4.69) is 10.1 Å². The van der Waals surface area contributed by atoms with Crippen LogP contribution in [0.2, 0.25) is 5.02 Å². The van der Waals surface area contributed by atoms with Crippen molar-refractivity contribution in [1.29, 1.82) is 0 Å². The van der Waals surface area contributed by atoms with Crippen molar-refractivity contribution in [2.24, 2.45) is 4.99 Å². The Morgan fingerprint density at radius 2 is 2.03 bits per heavy atom. The van der Waals surface area contributed by atoms with Crippen molar-refractivity contribution in [3.8, 4) is 0 Å². The molecule has 160 valence electrons. The fraction of sp³-hybridized carbons (Fsp3) is 0.273. The Morgan fingerprint density at radius 1 is 1.29 bits per heavy atom. The van der Waals surface area contributed by atoms with E-state index in [-0.39, 0.29) is 12.2 Å². The molecule has 0 unspecified atom stereocenters. The highest BCUT2D eigenvalue weighted by molar-refractivity contribution is 7.07. The van der Waals surface area contributed by atoms with Gasteiger partial charge in [0.2, 0.25) is 0 Å². The molecule has 1 aliphatic heterocycles. The largest absolute Gasteiger partial charge is 0.463 e. The Hall–Kier alpha value is -2.97. The lowest BCUT2D eigenvalue weighted by atomic mass is 9.96. The third kappa shape index (κ3) is 4.00. The molecule has 0 N–H and O–H groups in total. The van der Waals surface area contributed by atoms with Gasteiger partial charge in [-0.25, -0.2) is 9.79 Å². The molecule has 1 atom stereocenters. The molecule has 0 fully saturated rings. The molecular weight excluding hydrogens is 436 g/mol. The molecule has 1 aromatic carbocycles. The van der Waals surface area contributed by atoms with E-state index in [1.54, 1.807) is 47.5 Å². The third-order valence-corrected chi connectivity index (χ3v) is 6.21. The van der Waals surface area contributed by atoms with E-state index in [4.69, 9.17) is 16.3 Å². The summed E-state index contributed by atoms with van der Waals surface area (Å²) in [5, 5.41) is 4.83. The third-order valence-electron chi connectivity index (χ3n) is 4.98. The average molecular weight is 457 g/mol. The number of aryl methyl sites for hydroxylation is 1. The maximum absolute atomic E-state index is 13.4. The first-order chi connectivity index (χ1) is 14.9. The molecule has 0 radical (unpaired) electrons. The summed E-state index contributed by atoms with van der Waals surface area (Å²) in [7, 11) is 0. The molecule has 3 heterocycles. The molecule has 0 saturated carbocycles. The van der Waals surface area contributed by atoms with Crippen LogP contribution in [0.4, 0.5) is 0 Å². The first-order valence-corrected chi connectivity index (χ1v) is 11.1. The van der Waals surface area contributed by atoms with Gasteiger partial charge in [0.15, 0.2) is 4.80 Å². The number of nitrogens with zero attached hydrogens (tertiary/aromatic N) is 4. The van der Waals surface area contributed by atoms with Crippen molar-refractivity contribution in [3.05, 3.63) is 83.8 Å². The number of esters is 1. The highest BCUT2D eigenvalue weighted by atomic mass is 35.5. The van der Waals surface area contributed by atoms with Crippen molar-refractivity contribution in [2.45, 2.75) is 33.4 Å². The molecule has 31 heavy (non-hydrogen) atoms. The predicted octanol–water partition coefficient (Wildman–Crippen LogP) is 2.67. The zero-order chi connectivity index (χ0) is 22.1. The number of carbonyl (C=O) groups excluding carboxylic acids is 1. The van der Waals surface area contributed by atoms with Crippen molar-refractivity contribution >= 4 is 35.0 Å². The maximum Gasteiger partial charge on any atom is 0.338 e. The van der Waals surface area contributed by atoms with Gasteiger partial charge in [-0.05, 0) is 44.5 Å². The van der Waals surface area contributed by atoms with Crippen LogP contribution in [0.5, 0.6) is 0 Å². The van der Waals surface area contributed by atoms with Gasteiger partial charge in [-0.15, -0.1) is 0 Å². The van der Waals surface area contributed by atoms with E-state index in [9.17, 15) is 9.59 Å². The van der Waals surface area contributed by atoms with Crippen LogP contribution in [0.25, 0.3) is 6.08 Å². The van der Waals surface area contributed by atoms with Crippen molar-refractivity contribution in [3.63, 3.8) is 0 Å². The van der Waals surface area contributed by atoms with E-state index in [0.717, 1.165) is 17.7 Å². The number of fused-ring (bicyclic) bond motifs is 1. The van der Waals surface area contributed by atoms with Gasteiger partial charge in [0, 0.05) is 23.3 Å². The van der Waals surface area contributed by atoms with Gasteiger partial charge < -0.3 is 4.74 Å². The van der Waals surface area contributed by atoms with Crippen molar-refractivity contribution in [1.82, 2.24) is 14.3 Å². The lowest BCUT2D eigenvalue weighted by Crippen LogP contribution is -2.39. The molecule has 0 saturated heterocycles. The molecule has 0 spiro atoms. The van der Waals surface area contributed by atoms with Crippen LogP contribution in [0, 0.1) is 0 Å². The number of halogens is 1. The lowest BCUT2D eigenvalue weighted by Gasteiger charge is -2.24. The predicted molar refractivity (Wildman–Crippen MR) is 120 cm³/mol. The summed E-state index contributed by atoms with van der Waals surface area (Å²) in [4.78, 5) is 31.3. The molecule has 0 bridgehead atoms. The standard InChI is InChI=1S/C22H21ClN4O3S/c1-4-26-12-14(11-24-26)10-17-20(28)27-19(15-6-8-16(23)9-7-15)18(21(29)30-5-2)13(3)25-22(27)31-17/h6-12,19H,4-5H2,1-3H3/b17-10+/t19-/m1/s1. The molecule has 0 amide bonds. The fourth-order valence-corrected chi connectivity index (χ4v) is 4.70. The van der Waals surface area contributed by atoms with E-state index >= 15 is 0 Å². The molecule has 0 aliphatic carbocycles. The normalized spacial score (nSPS) is 16.3. The number of ether oxygens (including phenoxy) is 1. The van der Waals surface area contributed by atoms with E-state index in [0.29, 0.717) is 25.6 Å². The summed E-state index contributed by atoms with van der Waals surface area (Å²) in [6.07, 6.45) is 5.39. The number of rotatable bonds is 5. The lowest BCUT2D eigenvalue weighted by molar-refractivity contribution is -0.139. The van der Waals surface area contributed by atoms with Crippen LogP contribution < -0.4 is 14.9 Å². The van der Waals surface area contributed by atoms with Gasteiger partial charge in [-0.1, -0.05) is 35.1 Å². The molecule has 2 aromatic heterocycles. The summed E-state index contributed by atoms with van der Waals surface area (Å²) >= 11 is 7.35. The SMILES string of the molecule is CCOC(=O)C1=C(C)N=c2s/c(=C/c3cnn(CC)c3)c(=O)n2[C@@H]1c1ccc(Cl)cc1. The second kappa shape index (κ2) is 8.64. The Labute approximate surface area is 187 Å². The number of benzene rings is 1. The Balaban J connectivity index is 1.93. The van der Waals surface area contributed by atoms with E-state index < -0.39 is 12.0 Å². The highest BCUT2D eigenvalue weighted by Gasteiger charge is 2.33. The number of hydrogen-bond acceptors (Lipinski definition) is 6. The van der Waals surface area contributed by atoms with Crippen molar-refractivity contribution < 1.29 is 9.53 Å². The van der Waals surface area contributed by atoms with Crippen LogP contribution in [0.3, 0.4) is 0 Å². The summed E-state index contributed by atoms with van der Waals surface area (Å²) in [5.74, 6) is -0.484. The van der Waals surface area contributed by atoms with Gasteiger partial charge in [-0.2, -0.15) is 5.10 Å². The summed E-state index contributed by atoms with van der Waals surface area (Å²) in [6.45, 7) is 6.48. The van der Waals surface area contributed by atoms with Crippen LogP contribution in [0.1, 0.15) is 37.9 Å². The van der Waals surface area contributed by atoms with Gasteiger partial charge >= 0.3 is 5.97 Å². The minimum atomic E-state index is -0.645. The molecule has 9 heteroatoms. The number of hydrogen-bond donors (Lipinski definition) is 0. The highest BCUT2D eigenvalue weighted by Crippen LogP contribution is 2.31. The average Bonchev–Trinajstić information content (AvgIpc) is 3.32. The zero-order valence-corrected chi connectivity index (χ0v) is 18.9. The molecular formula is C22H21ClN4O3S. The summed E-state index contributed by atoms with van der Waals surface area (Å²) < 4.78 is 9.16. The first kappa shape index (κ1) is 21.3. The quantitative estimate of drug-likeness (QED) is 0.553. The Bertz CT molecular complexity index is 1350. The van der Waals surface area contributed by atoms with Crippen LogP contribution >= 0.6 is 22.9 Å². The number of allylic oxidation sites excluding steroid dienone is 1. The second-order valence-electron chi connectivity index (χ2n) is 6.98. The van der Waals surface area contributed by atoms with Gasteiger partial charge in [-0.3, -0.25) is 14.0 Å². The minimum absolute atomic E-state index is 0.220. The van der Waals surface area contributed by atoms with Crippen molar-refractivity contribution in [2.75, 3.05) is 6.61 Å². The second-order valence-corrected chi connectivity index (χ2v) is 8.43. The first-order valence-electron chi connectivity index (χ1n) is 9.90. The van der Waals surface area contributed by atoms with Gasteiger partial charge in [0.25, 0.3) is 5.56 Å². The molecule has 3 aromatic rings. The van der Waals surface area contributed by atoms with E-state index in [1.165, 1.54) is 11.3 Å². The molecule has 4 rings (SSSR count). The van der Waals surface area contributed by atoms with Crippen LogP contribution in [-0.4, -0.2) is 26.9 Å². The number of thiazole rings is 1. The van der Waals surface area contributed by atoms with Crippen LogP contribution in [0.15, 0.2) is 57.7 Å². The van der Waals surface area contributed by atoms with E-state index in [1.807, 2.05) is 25.3 Å². The maximum atomic E-state index is 13.4. The summed E-state index contributed by atoms with van der Waals surface area (Å²) in [6, 6.07) is 6.46. The fourth-order valence-electron chi connectivity index (χ4n) is 3.53. The number of aromatic nitrogens is 3. The zero-order valence-electron chi connectivity index (χ0n) is 17.3. The summed E-state index contributed by atoms with van der Waals surface area (Å²) in [5.41, 5.74) is 2.25. The van der Waals surface area contributed by atoms with Gasteiger partial charge in [0.1, 0.15) is 0 Å². The van der Waals surface area contributed by atoms with Crippen LogP contribution in [-0.2, 0) is 16.1 Å². The smallest absolute Gasteiger partial charge is 0.338 e. The van der Waals surface area contributed by atoms with Gasteiger partial charge in [0.05, 0.1) is 34.6 Å². The molecule has 1 aliphatic rings. The number of carbonyl (C=O) groups is 1. The minimum Gasteiger partial charge on any atom is -0.463 e. The molecule has 7 nitrogen and oxygen atoms in total.